The molecule has 1 saturated heterocycles. The molecule has 3 aromatic carbocycles. The van der Waals surface area contributed by atoms with Gasteiger partial charge in [0.2, 0.25) is 0 Å². The number of hydrogen-bond acceptors (Lipinski definition) is 8. The van der Waals surface area contributed by atoms with Crippen molar-refractivity contribution in [2.45, 2.75) is 45.2 Å². The minimum absolute atomic E-state index is 0.0261. The highest BCUT2D eigenvalue weighted by atomic mass is 16.5. The second kappa shape index (κ2) is 12.2. The fourth-order valence-electron chi connectivity index (χ4n) is 5.40. The Morgan fingerprint density at radius 2 is 1.46 bits per heavy atom. The average Bonchev–Trinajstić information content (AvgIpc) is 3.41. The number of hydrazone groups is 1. The van der Waals surface area contributed by atoms with Crippen LogP contribution < -0.4 is 20.4 Å². The number of nitrogens with two attached hydrogens (primary N) is 1. The zero-order chi connectivity index (χ0) is 27.2. The van der Waals surface area contributed by atoms with Crippen LogP contribution >= 0.6 is 0 Å². The van der Waals surface area contributed by atoms with Crippen LogP contribution in [-0.2, 0) is 16.1 Å². The number of aldehydes is 1. The largest absolute Gasteiger partial charge is 0.399 e. The lowest BCUT2D eigenvalue weighted by atomic mass is 10.1. The summed E-state index contributed by atoms with van der Waals surface area (Å²) in [6.45, 7) is 8.48. The smallest absolute Gasteiger partial charge is 0.180 e. The van der Waals surface area contributed by atoms with Gasteiger partial charge in [0, 0.05) is 48.9 Å². The van der Waals surface area contributed by atoms with Crippen LogP contribution in [0.15, 0.2) is 84.0 Å². The van der Waals surface area contributed by atoms with Crippen molar-refractivity contribution in [3.8, 4) is 0 Å². The van der Waals surface area contributed by atoms with E-state index in [1.165, 1.54) is 11.4 Å². The predicted molar refractivity (Wildman–Crippen MR) is 159 cm³/mol. The summed E-state index contributed by atoms with van der Waals surface area (Å²) in [6.07, 6.45) is 2.93. The van der Waals surface area contributed by atoms with Gasteiger partial charge in [-0.2, -0.15) is 5.10 Å². The number of nitrogens with zero attached hydrogens (tertiary/aromatic N) is 5. The van der Waals surface area contributed by atoms with Crippen molar-refractivity contribution < 1.29 is 9.53 Å². The number of piperazine rings is 1. The van der Waals surface area contributed by atoms with Crippen LogP contribution in [0, 0.1) is 0 Å². The van der Waals surface area contributed by atoms with E-state index in [0.717, 1.165) is 55.8 Å². The standard InChI is InChI=1S/C31H38N6O2/c1-3-30(24(2)39-22-25-7-5-4-6-8-25)37-31(21-38)36(23-33-37)29-15-13-28(14-16-29)35-19-17-34(18-20-35)27-11-9-26(32)10-12-27/h4-16,21,23-24,30-31H,3,17-20,22,32H2,1-2H3/t24-,30-,31?/m0/s1. The molecule has 0 bridgehead atoms. The number of benzene rings is 3. The highest BCUT2D eigenvalue weighted by Crippen LogP contribution is 2.29. The first kappa shape index (κ1) is 26.6. The van der Waals surface area contributed by atoms with E-state index in [-0.39, 0.29) is 12.1 Å². The van der Waals surface area contributed by atoms with Crippen LogP contribution in [0.2, 0.25) is 0 Å². The fraction of sp³-hybridized carbons (Fsp3) is 0.355. The maximum Gasteiger partial charge on any atom is 0.180 e. The fourth-order valence-corrected chi connectivity index (χ4v) is 5.40. The van der Waals surface area contributed by atoms with E-state index >= 15 is 0 Å². The minimum atomic E-state index is -0.507. The van der Waals surface area contributed by atoms with Crippen LogP contribution in [0.3, 0.4) is 0 Å². The molecule has 3 atom stereocenters. The molecule has 2 aliphatic heterocycles. The number of ether oxygens (including phenoxy) is 1. The Labute approximate surface area is 231 Å². The first-order valence-electron chi connectivity index (χ1n) is 13.7. The van der Waals surface area contributed by atoms with Gasteiger partial charge in [0.15, 0.2) is 12.5 Å². The maximum atomic E-state index is 12.3. The van der Waals surface area contributed by atoms with E-state index in [2.05, 4.69) is 77.3 Å². The van der Waals surface area contributed by atoms with Crippen LogP contribution in [0.4, 0.5) is 22.7 Å². The molecule has 3 aromatic rings. The molecule has 0 aromatic heterocycles. The van der Waals surface area contributed by atoms with E-state index in [9.17, 15) is 4.79 Å². The number of anilines is 4. The maximum absolute atomic E-state index is 12.3. The van der Waals surface area contributed by atoms with Crippen molar-refractivity contribution >= 4 is 35.4 Å². The van der Waals surface area contributed by atoms with Crippen LogP contribution in [-0.4, -0.2) is 62.1 Å². The van der Waals surface area contributed by atoms with E-state index in [1.54, 1.807) is 6.34 Å². The first-order chi connectivity index (χ1) is 19.1. The van der Waals surface area contributed by atoms with Crippen molar-refractivity contribution in [3.05, 3.63) is 84.4 Å². The molecule has 8 nitrogen and oxygen atoms in total. The molecule has 0 radical (unpaired) electrons. The molecule has 39 heavy (non-hydrogen) atoms. The van der Waals surface area contributed by atoms with Gasteiger partial charge < -0.3 is 25.2 Å². The van der Waals surface area contributed by atoms with Crippen LogP contribution in [0.1, 0.15) is 25.8 Å². The van der Waals surface area contributed by atoms with Gasteiger partial charge in [-0.15, -0.1) is 0 Å². The Hall–Kier alpha value is -4.04. The second-order valence-electron chi connectivity index (χ2n) is 10.1. The number of carbonyl (C=O) groups is 1. The van der Waals surface area contributed by atoms with Gasteiger partial charge in [-0.05, 0) is 67.4 Å². The van der Waals surface area contributed by atoms with E-state index in [4.69, 9.17) is 10.5 Å². The Morgan fingerprint density at radius 3 is 2.03 bits per heavy atom. The molecule has 0 spiro atoms. The van der Waals surface area contributed by atoms with Gasteiger partial charge in [-0.25, -0.2) is 0 Å². The zero-order valence-electron chi connectivity index (χ0n) is 22.8. The Morgan fingerprint density at radius 1 is 0.897 bits per heavy atom. The average molecular weight is 527 g/mol. The molecule has 2 aliphatic rings. The summed E-state index contributed by atoms with van der Waals surface area (Å²) in [4.78, 5) is 19.0. The third-order valence-electron chi connectivity index (χ3n) is 7.69. The summed E-state index contributed by atoms with van der Waals surface area (Å²) in [7, 11) is 0. The highest BCUT2D eigenvalue weighted by molar-refractivity contribution is 5.88. The van der Waals surface area contributed by atoms with Crippen molar-refractivity contribution in [2.75, 3.05) is 46.6 Å². The predicted octanol–water partition coefficient (Wildman–Crippen LogP) is 4.57. The highest BCUT2D eigenvalue weighted by Gasteiger charge is 2.36. The van der Waals surface area contributed by atoms with Gasteiger partial charge in [0.05, 0.1) is 18.8 Å². The second-order valence-corrected chi connectivity index (χ2v) is 10.1. The molecule has 1 fully saturated rings. The molecule has 1 unspecified atom stereocenters. The molecular formula is C31H38N6O2. The number of carbonyl (C=O) groups excluding carboxylic acids is 1. The van der Waals surface area contributed by atoms with Crippen LogP contribution in [0.25, 0.3) is 0 Å². The summed E-state index contributed by atoms with van der Waals surface area (Å²) in [6, 6.07) is 26.6. The topological polar surface area (TPSA) is 77.6 Å². The van der Waals surface area contributed by atoms with Crippen molar-refractivity contribution in [1.82, 2.24) is 5.01 Å². The molecule has 2 heterocycles. The minimum Gasteiger partial charge on any atom is -0.399 e. The Bertz CT molecular complexity index is 1230. The quantitative estimate of drug-likeness (QED) is 0.306. The first-order valence-corrected chi connectivity index (χ1v) is 13.7. The normalized spacial score (nSPS) is 18.9. The Kier molecular flexibility index (Phi) is 8.32. The lowest BCUT2D eigenvalue weighted by molar-refractivity contribution is -0.114. The number of hydrogen-bond donors (Lipinski definition) is 1. The molecule has 0 aliphatic carbocycles. The van der Waals surface area contributed by atoms with E-state index in [0.29, 0.717) is 6.61 Å². The lowest BCUT2D eigenvalue weighted by Crippen LogP contribution is -2.49. The molecule has 8 heteroatoms. The third-order valence-corrected chi connectivity index (χ3v) is 7.69. The molecule has 0 saturated carbocycles. The van der Waals surface area contributed by atoms with Gasteiger partial charge in [-0.1, -0.05) is 37.3 Å². The van der Waals surface area contributed by atoms with E-state index in [1.807, 2.05) is 40.2 Å². The van der Waals surface area contributed by atoms with Crippen molar-refractivity contribution in [1.29, 1.82) is 0 Å². The molecule has 204 valence electrons. The number of rotatable bonds is 10. The van der Waals surface area contributed by atoms with Crippen LogP contribution in [0.5, 0.6) is 0 Å². The summed E-state index contributed by atoms with van der Waals surface area (Å²) < 4.78 is 6.19. The SMILES string of the molecule is CC[C@@H]([C@H](C)OCc1ccccc1)N1N=CN(c2ccc(N3CCN(c4ccc(N)cc4)CC3)cc2)C1C=O. The van der Waals surface area contributed by atoms with Gasteiger partial charge in [-0.3, -0.25) is 9.80 Å². The van der Waals surface area contributed by atoms with Crippen molar-refractivity contribution in [2.24, 2.45) is 5.10 Å². The van der Waals surface area contributed by atoms with Gasteiger partial charge in [0.1, 0.15) is 6.34 Å². The molecular weight excluding hydrogens is 488 g/mol. The summed E-state index contributed by atoms with van der Waals surface area (Å²) in [5.41, 5.74) is 11.1. The van der Waals surface area contributed by atoms with Gasteiger partial charge >= 0.3 is 0 Å². The molecule has 2 N–H and O–H groups in total. The summed E-state index contributed by atoms with van der Waals surface area (Å²) in [5.74, 6) is 0. The zero-order valence-corrected chi connectivity index (χ0v) is 22.8. The lowest BCUT2D eigenvalue weighted by Gasteiger charge is -2.37. The summed E-state index contributed by atoms with van der Waals surface area (Å²) >= 11 is 0. The summed E-state index contributed by atoms with van der Waals surface area (Å²) in [5, 5.41) is 6.53. The number of nitrogen functional groups attached to an aromatic ring is 1. The molecule has 0 amide bonds. The third kappa shape index (κ3) is 6.01. The molecule has 5 rings (SSSR count). The van der Waals surface area contributed by atoms with Crippen molar-refractivity contribution in [3.63, 3.8) is 0 Å². The Balaban J connectivity index is 1.19. The monoisotopic (exact) mass is 526 g/mol. The van der Waals surface area contributed by atoms with E-state index < -0.39 is 6.17 Å². The van der Waals surface area contributed by atoms with Gasteiger partial charge in [0.25, 0.3) is 0 Å².